The molecule has 4 fully saturated rings. The summed E-state index contributed by atoms with van der Waals surface area (Å²) in [6.45, 7) is 2.20. The van der Waals surface area contributed by atoms with Crippen LogP contribution in [-0.2, 0) is 17.6 Å². The highest BCUT2D eigenvalue weighted by Gasteiger charge is 2.50. The second kappa shape index (κ2) is 9.95. The summed E-state index contributed by atoms with van der Waals surface area (Å²) in [5.74, 6) is 2.93. The van der Waals surface area contributed by atoms with Gasteiger partial charge in [-0.1, -0.05) is 55.0 Å². The molecule has 7 rings (SSSR count). The Hall–Kier alpha value is -2.75. The topological polar surface area (TPSA) is 54.1 Å². The Morgan fingerprint density at radius 1 is 0.944 bits per heavy atom. The van der Waals surface area contributed by atoms with Crippen LogP contribution in [0.5, 0.6) is 0 Å². The van der Waals surface area contributed by atoms with Crippen LogP contribution in [0.1, 0.15) is 69.4 Å². The molecule has 4 aliphatic rings. The zero-order chi connectivity index (χ0) is 24.5. The van der Waals surface area contributed by atoms with Crippen molar-refractivity contribution in [2.75, 3.05) is 0 Å². The predicted molar refractivity (Wildman–Crippen MR) is 145 cm³/mol. The van der Waals surface area contributed by atoms with Gasteiger partial charge < -0.3 is 15.0 Å². The summed E-state index contributed by atoms with van der Waals surface area (Å²) < 4.78 is 6.25. The number of fused-ring (bicyclic) bond motifs is 1. The Bertz CT molecular complexity index is 1160. The van der Waals surface area contributed by atoms with E-state index in [0.717, 1.165) is 49.5 Å². The molecule has 1 amide bonds. The van der Waals surface area contributed by atoms with Gasteiger partial charge in [0.15, 0.2) is 0 Å². The van der Waals surface area contributed by atoms with Gasteiger partial charge in [0, 0.05) is 22.6 Å². The number of nitrogens with one attached hydrogen (secondary N) is 2. The van der Waals surface area contributed by atoms with E-state index in [0.29, 0.717) is 11.8 Å². The van der Waals surface area contributed by atoms with E-state index >= 15 is 0 Å². The van der Waals surface area contributed by atoms with Crippen LogP contribution in [0, 0.1) is 23.7 Å². The van der Waals surface area contributed by atoms with Crippen molar-refractivity contribution in [2.45, 2.75) is 82.8 Å². The lowest BCUT2D eigenvalue weighted by molar-refractivity contribution is -0.0972. The normalized spacial score (nSPS) is 28.2. The van der Waals surface area contributed by atoms with Crippen molar-refractivity contribution in [2.24, 2.45) is 23.7 Å². The maximum absolute atomic E-state index is 13.4. The summed E-state index contributed by atoms with van der Waals surface area (Å²) in [4.78, 5) is 16.8. The van der Waals surface area contributed by atoms with Crippen LogP contribution in [0.2, 0.25) is 0 Å². The zero-order valence-electron chi connectivity index (χ0n) is 21.5. The third-order valence-corrected chi connectivity index (χ3v) is 9.33. The third-order valence-electron chi connectivity index (χ3n) is 9.33. The number of carbonyl (C=O) groups is 1. The summed E-state index contributed by atoms with van der Waals surface area (Å²) in [5.41, 5.74) is 3.43. The van der Waals surface area contributed by atoms with E-state index in [1.165, 1.54) is 48.6 Å². The van der Waals surface area contributed by atoms with Crippen LogP contribution in [0.3, 0.4) is 0 Å². The Kier molecular flexibility index (Phi) is 6.54. The molecule has 4 bridgehead atoms. The Balaban J connectivity index is 1.13. The molecule has 4 nitrogen and oxygen atoms in total. The molecule has 1 heterocycles. The van der Waals surface area contributed by atoms with Crippen molar-refractivity contribution < 1.29 is 9.53 Å². The van der Waals surface area contributed by atoms with E-state index in [9.17, 15) is 4.79 Å². The second-order valence-corrected chi connectivity index (χ2v) is 12.2. The number of benzene rings is 2. The average Bonchev–Trinajstić information content (AvgIpc) is 3.27. The van der Waals surface area contributed by atoms with Gasteiger partial charge >= 0.3 is 6.09 Å². The van der Waals surface area contributed by atoms with Crippen molar-refractivity contribution >= 4 is 17.0 Å². The van der Waals surface area contributed by atoms with Gasteiger partial charge in [-0.3, -0.25) is 0 Å². The number of hydrogen-bond acceptors (Lipinski definition) is 2. The van der Waals surface area contributed by atoms with E-state index in [2.05, 4.69) is 78.0 Å². The first-order valence-electron chi connectivity index (χ1n) is 14.1. The maximum atomic E-state index is 13.4. The van der Waals surface area contributed by atoms with Crippen LogP contribution < -0.4 is 5.32 Å². The standard InChI is InChI=1S/C32H40N2O2/c1-32(14-8-7-11-22-9-3-2-4-10-22,20-27-21-33-29-13-6-5-12-28(27)29)34-31(35)36-30-25-16-23-15-24(18-25)19-26(30)17-23/h2-6,9-10,12-13,21,23-26,30,33H,7-8,11,14-20H2,1H3,(H,34,35)/t23?,24?,25?,26?,30?,32-/m1/s1. The summed E-state index contributed by atoms with van der Waals surface area (Å²) in [6, 6.07) is 19.1. The summed E-state index contributed by atoms with van der Waals surface area (Å²) in [5, 5.41) is 4.62. The van der Waals surface area contributed by atoms with Crippen molar-refractivity contribution in [1.29, 1.82) is 0 Å². The van der Waals surface area contributed by atoms with Gasteiger partial charge in [-0.05, 0) is 106 Å². The number of hydrogen-bond donors (Lipinski definition) is 2. The molecule has 190 valence electrons. The van der Waals surface area contributed by atoms with Crippen LogP contribution in [0.15, 0.2) is 60.8 Å². The first-order chi connectivity index (χ1) is 17.5. The fraction of sp³-hybridized carbons (Fsp3) is 0.531. The Morgan fingerprint density at radius 3 is 2.39 bits per heavy atom. The van der Waals surface area contributed by atoms with Crippen LogP contribution in [0.4, 0.5) is 4.79 Å². The molecule has 2 N–H and O–H groups in total. The summed E-state index contributed by atoms with van der Waals surface area (Å²) in [6.07, 6.45) is 13.4. The maximum Gasteiger partial charge on any atom is 0.407 e. The lowest BCUT2D eigenvalue weighted by Crippen LogP contribution is -2.53. The minimum atomic E-state index is -0.356. The van der Waals surface area contributed by atoms with E-state index in [1.807, 2.05) is 0 Å². The van der Waals surface area contributed by atoms with Gasteiger partial charge in [-0.25, -0.2) is 4.79 Å². The molecule has 0 aliphatic heterocycles. The number of H-pyrrole nitrogens is 1. The Labute approximate surface area is 215 Å². The first kappa shape index (κ1) is 23.6. The number of amides is 1. The fourth-order valence-corrected chi connectivity index (χ4v) is 7.85. The number of alkyl carbamates (subject to hydrolysis) is 1. The molecule has 36 heavy (non-hydrogen) atoms. The molecular weight excluding hydrogens is 444 g/mol. The van der Waals surface area contributed by atoms with Gasteiger partial charge in [0.1, 0.15) is 6.10 Å². The van der Waals surface area contributed by atoms with Gasteiger partial charge in [-0.2, -0.15) is 0 Å². The number of ether oxygens (including phenoxy) is 1. The smallest absolute Gasteiger partial charge is 0.407 e. The van der Waals surface area contributed by atoms with E-state index in [1.54, 1.807) is 0 Å². The van der Waals surface area contributed by atoms with Crippen LogP contribution in [-0.4, -0.2) is 22.7 Å². The predicted octanol–water partition coefficient (Wildman–Crippen LogP) is 7.43. The molecule has 4 aliphatic carbocycles. The molecule has 1 atom stereocenters. The number of unbranched alkanes of at least 4 members (excludes halogenated alkanes) is 1. The molecule has 0 radical (unpaired) electrons. The van der Waals surface area contributed by atoms with Gasteiger partial charge in [-0.15, -0.1) is 0 Å². The lowest BCUT2D eigenvalue weighted by atomic mass is 9.55. The highest BCUT2D eigenvalue weighted by molar-refractivity contribution is 5.83. The fourth-order valence-electron chi connectivity index (χ4n) is 7.85. The van der Waals surface area contributed by atoms with E-state index in [4.69, 9.17) is 4.74 Å². The first-order valence-corrected chi connectivity index (χ1v) is 14.1. The zero-order valence-corrected chi connectivity index (χ0v) is 21.5. The lowest BCUT2D eigenvalue weighted by Gasteiger charge is -2.53. The van der Waals surface area contributed by atoms with Crippen LogP contribution in [0.25, 0.3) is 10.9 Å². The van der Waals surface area contributed by atoms with Crippen molar-refractivity contribution in [3.8, 4) is 0 Å². The van der Waals surface area contributed by atoms with Gasteiger partial charge in [0.25, 0.3) is 0 Å². The molecule has 0 spiro atoms. The molecule has 0 unspecified atom stereocenters. The number of para-hydroxylation sites is 1. The molecule has 1 aromatic heterocycles. The average molecular weight is 485 g/mol. The van der Waals surface area contributed by atoms with E-state index < -0.39 is 0 Å². The molecule has 0 saturated heterocycles. The van der Waals surface area contributed by atoms with Gasteiger partial charge in [0.05, 0.1) is 0 Å². The highest BCUT2D eigenvalue weighted by Crippen LogP contribution is 2.54. The van der Waals surface area contributed by atoms with Crippen LogP contribution >= 0.6 is 0 Å². The van der Waals surface area contributed by atoms with E-state index in [-0.39, 0.29) is 17.7 Å². The summed E-state index contributed by atoms with van der Waals surface area (Å²) >= 11 is 0. The number of rotatable bonds is 9. The number of aromatic nitrogens is 1. The monoisotopic (exact) mass is 484 g/mol. The molecule has 2 aromatic carbocycles. The second-order valence-electron chi connectivity index (χ2n) is 12.2. The van der Waals surface area contributed by atoms with Crippen molar-refractivity contribution in [1.82, 2.24) is 10.3 Å². The third kappa shape index (κ3) is 5.05. The minimum absolute atomic E-state index is 0.119. The molecule has 4 saturated carbocycles. The molecule has 3 aromatic rings. The quantitative estimate of drug-likeness (QED) is 0.310. The number of carbonyl (C=O) groups excluding carboxylic acids is 1. The van der Waals surface area contributed by atoms with Crippen molar-refractivity contribution in [3.63, 3.8) is 0 Å². The molecule has 4 heteroatoms. The SMILES string of the molecule is C[C@@](CCCCc1ccccc1)(Cc1c[nH]c2ccccc12)NC(=O)OC1C2CC3CC(C2)CC1C3. The largest absolute Gasteiger partial charge is 0.446 e. The minimum Gasteiger partial charge on any atom is -0.446 e. The van der Waals surface area contributed by atoms with Crippen molar-refractivity contribution in [3.05, 3.63) is 71.9 Å². The Morgan fingerprint density at radius 2 is 1.64 bits per heavy atom. The van der Waals surface area contributed by atoms with Gasteiger partial charge in [0.2, 0.25) is 0 Å². The molecular formula is C32H40N2O2. The summed E-state index contributed by atoms with van der Waals surface area (Å²) in [7, 11) is 0. The number of aryl methyl sites for hydroxylation is 1. The highest BCUT2D eigenvalue weighted by atomic mass is 16.6. The number of aromatic amines is 1.